The number of nitrogens with zero attached hydrogens (tertiary/aromatic N) is 2. The van der Waals surface area contributed by atoms with Gasteiger partial charge in [0, 0.05) is 25.7 Å². The van der Waals surface area contributed by atoms with E-state index in [0.717, 1.165) is 6.42 Å². The summed E-state index contributed by atoms with van der Waals surface area (Å²) in [6.45, 7) is 6.91. The second kappa shape index (κ2) is 6.78. The van der Waals surface area contributed by atoms with Crippen LogP contribution in [-0.4, -0.2) is 28.1 Å². The van der Waals surface area contributed by atoms with E-state index in [1.165, 1.54) is 0 Å². The molecule has 0 fully saturated rings. The van der Waals surface area contributed by atoms with E-state index in [4.69, 9.17) is 0 Å². The maximum absolute atomic E-state index is 11.9. The van der Waals surface area contributed by atoms with E-state index in [-0.39, 0.29) is 17.5 Å². The Morgan fingerprint density at radius 2 is 2.06 bits per heavy atom. The summed E-state index contributed by atoms with van der Waals surface area (Å²) in [5.41, 5.74) is 0.740. The first kappa shape index (κ1) is 14.2. The maximum Gasteiger partial charge on any atom is 0.273 e. The Bertz CT molecular complexity index is 426. The van der Waals surface area contributed by atoms with Crippen LogP contribution in [0.25, 0.3) is 0 Å². The van der Waals surface area contributed by atoms with Gasteiger partial charge in [0.25, 0.3) is 5.91 Å². The molecule has 0 saturated carbocycles. The highest BCUT2D eigenvalue weighted by molar-refractivity contribution is 6.02. The summed E-state index contributed by atoms with van der Waals surface area (Å²) in [6.07, 6.45) is 2.90. The first-order chi connectivity index (χ1) is 8.62. The lowest BCUT2D eigenvalue weighted by atomic mass is 10.3. The van der Waals surface area contributed by atoms with E-state index in [9.17, 15) is 9.59 Å². The molecular formula is C12H20N4O2. The molecule has 2 N–H and O–H groups in total. The van der Waals surface area contributed by atoms with Gasteiger partial charge in [-0.15, -0.1) is 0 Å². The predicted molar refractivity (Wildman–Crippen MR) is 69.4 cm³/mol. The number of aromatic nitrogens is 2. The molecule has 0 aliphatic heterocycles. The fraction of sp³-hybridized carbons (Fsp3) is 0.583. The quantitative estimate of drug-likeness (QED) is 0.803. The van der Waals surface area contributed by atoms with Gasteiger partial charge in [0.05, 0.1) is 5.69 Å². The number of nitrogens with one attached hydrogen (secondary N) is 2. The van der Waals surface area contributed by atoms with Crippen LogP contribution in [0.15, 0.2) is 6.20 Å². The zero-order valence-corrected chi connectivity index (χ0v) is 11.1. The predicted octanol–water partition coefficient (Wildman–Crippen LogP) is 1.39. The largest absolute Gasteiger partial charge is 0.351 e. The molecule has 100 valence electrons. The van der Waals surface area contributed by atoms with Gasteiger partial charge in [0.15, 0.2) is 5.69 Å². The number of rotatable bonds is 6. The van der Waals surface area contributed by atoms with E-state index in [1.807, 2.05) is 13.8 Å². The van der Waals surface area contributed by atoms with E-state index in [0.29, 0.717) is 25.2 Å². The smallest absolute Gasteiger partial charge is 0.273 e. The van der Waals surface area contributed by atoms with Crippen LogP contribution in [0.2, 0.25) is 0 Å². The highest BCUT2D eigenvalue weighted by Gasteiger charge is 2.17. The number of anilines is 1. The van der Waals surface area contributed by atoms with Gasteiger partial charge in [-0.05, 0) is 13.3 Å². The summed E-state index contributed by atoms with van der Waals surface area (Å²) < 4.78 is 1.63. The Labute approximate surface area is 107 Å². The summed E-state index contributed by atoms with van der Waals surface area (Å²) in [5.74, 6) is -0.384. The summed E-state index contributed by atoms with van der Waals surface area (Å²) in [7, 11) is 0. The van der Waals surface area contributed by atoms with Gasteiger partial charge in [-0.25, -0.2) is 0 Å². The van der Waals surface area contributed by atoms with E-state index in [2.05, 4.69) is 15.7 Å². The van der Waals surface area contributed by atoms with Gasteiger partial charge in [0.1, 0.15) is 0 Å². The lowest BCUT2D eigenvalue weighted by Gasteiger charge is -2.04. The van der Waals surface area contributed by atoms with E-state index >= 15 is 0 Å². The molecule has 0 spiro atoms. The average molecular weight is 252 g/mol. The first-order valence-electron chi connectivity index (χ1n) is 6.27. The average Bonchev–Trinajstić information content (AvgIpc) is 2.78. The van der Waals surface area contributed by atoms with Gasteiger partial charge in [-0.2, -0.15) is 5.10 Å². The summed E-state index contributed by atoms with van der Waals surface area (Å²) in [4.78, 5) is 23.3. The normalized spacial score (nSPS) is 10.2. The standard InChI is InChI=1S/C12H20N4O2/c1-4-7-13-12(18)11-9(14-10(17)5-2)8-16(6-3)15-11/h8H,4-7H2,1-3H3,(H,13,18)(H,14,17). The van der Waals surface area contributed by atoms with Crippen molar-refractivity contribution in [2.45, 2.75) is 40.2 Å². The molecule has 1 aromatic rings. The van der Waals surface area contributed by atoms with Crippen LogP contribution in [0.1, 0.15) is 44.1 Å². The van der Waals surface area contributed by atoms with Crippen LogP contribution in [0, 0.1) is 0 Å². The molecule has 18 heavy (non-hydrogen) atoms. The summed E-state index contributed by atoms with van der Waals surface area (Å²) in [5, 5.41) is 9.60. The SMILES string of the molecule is CCCNC(=O)c1nn(CC)cc1NC(=O)CC. The molecule has 0 aliphatic carbocycles. The van der Waals surface area contributed by atoms with Crippen molar-refractivity contribution in [3.63, 3.8) is 0 Å². The molecule has 0 saturated heterocycles. The topological polar surface area (TPSA) is 76.0 Å². The van der Waals surface area contributed by atoms with Crippen molar-refractivity contribution in [2.75, 3.05) is 11.9 Å². The minimum absolute atomic E-state index is 0.129. The summed E-state index contributed by atoms with van der Waals surface area (Å²) >= 11 is 0. The molecule has 1 aromatic heterocycles. The monoisotopic (exact) mass is 252 g/mol. The van der Waals surface area contributed by atoms with Crippen molar-refractivity contribution >= 4 is 17.5 Å². The molecule has 0 aromatic carbocycles. The van der Waals surface area contributed by atoms with Gasteiger partial charge >= 0.3 is 0 Å². The van der Waals surface area contributed by atoms with Crippen LogP contribution in [0.3, 0.4) is 0 Å². The molecule has 2 amide bonds. The third-order valence-electron chi connectivity index (χ3n) is 2.43. The van der Waals surface area contributed by atoms with Gasteiger partial charge in [-0.1, -0.05) is 13.8 Å². The minimum Gasteiger partial charge on any atom is -0.351 e. The van der Waals surface area contributed by atoms with Crippen molar-refractivity contribution in [1.29, 1.82) is 0 Å². The van der Waals surface area contributed by atoms with Crippen molar-refractivity contribution in [3.05, 3.63) is 11.9 Å². The number of hydrogen-bond acceptors (Lipinski definition) is 3. The molecule has 0 aliphatic rings. The van der Waals surface area contributed by atoms with Crippen molar-refractivity contribution in [1.82, 2.24) is 15.1 Å². The lowest BCUT2D eigenvalue weighted by Crippen LogP contribution is -2.26. The number of hydrogen-bond donors (Lipinski definition) is 2. The molecular weight excluding hydrogens is 232 g/mol. The van der Waals surface area contributed by atoms with Crippen LogP contribution in [-0.2, 0) is 11.3 Å². The fourth-order valence-electron chi connectivity index (χ4n) is 1.40. The second-order valence-corrected chi connectivity index (χ2v) is 3.90. The Hall–Kier alpha value is -1.85. The molecule has 0 unspecified atom stereocenters. The lowest BCUT2D eigenvalue weighted by molar-refractivity contribution is -0.115. The molecule has 6 nitrogen and oxygen atoms in total. The van der Waals surface area contributed by atoms with Gasteiger partial charge < -0.3 is 10.6 Å². The van der Waals surface area contributed by atoms with Crippen LogP contribution in [0.5, 0.6) is 0 Å². The molecule has 1 rings (SSSR count). The Morgan fingerprint density at radius 1 is 1.33 bits per heavy atom. The number of aryl methyl sites for hydroxylation is 1. The van der Waals surface area contributed by atoms with Gasteiger partial charge in [0.2, 0.25) is 5.91 Å². The molecule has 0 atom stereocenters. The first-order valence-corrected chi connectivity index (χ1v) is 6.27. The number of carbonyl (C=O) groups excluding carboxylic acids is 2. The fourth-order valence-corrected chi connectivity index (χ4v) is 1.40. The molecule has 6 heteroatoms. The van der Waals surface area contributed by atoms with Crippen LogP contribution in [0.4, 0.5) is 5.69 Å². The number of carbonyl (C=O) groups is 2. The molecule has 0 bridgehead atoms. The van der Waals surface area contributed by atoms with E-state index in [1.54, 1.807) is 17.8 Å². The van der Waals surface area contributed by atoms with Crippen molar-refractivity contribution in [2.24, 2.45) is 0 Å². The van der Waals surface area contributed by atoms with Crippen molar-refractivity contribution < 1.29 is 9.59 Å². The number of amides is 2. The highest BCUT2D eigenvalue weighted by Crippen LogP contribution is 2.14. The minimum atomic E-state index is -0.254. The Morgan fingerprint density at radius 3 is 2.61 bits per heavy atom. The van der Waals surface area contributed by atoms with Crippen molar-refractivity contribution in [3.8, 4) is 0 Å². The van der Waals surface area contributed by atoms with Crippen LogP contribution < -0.4 is 10.6 Å². The Balaban J connectivity index is 2.90. The zero-order chi connectivity index (χ0) is 13.5. The van der Waals surface area contributed by atoms with Gasteiger partial charge in [-0.3, -0.25) is 14.3 Å². The maximum atomic E-state index is 11.9. The highest BCUT2D eigenvalue weighted by atomic mass is 16.2. The third kappa shape index (κ3) is 3.58. The Kier molecular flexibility index (Phi) is 5.35. The summed E-state index contributed by atoms with van der Waals surface area (Å²) in [6, 6.07) is 0. The second-order valence-electron chi connectivity index (χ2n) is 3.90. The molecule has 0 radical (unpaired) electrons. The van der Waals surface area contributed by atoms with E-state index < -0.39 is 0 Å². The molecule has 1 heterocycles. The van der Waals surface area contributed by atoms with Crippen LogP contribution >= 0.6 is 0 Å². The third-order valence-corrected chi connectivity index (χ3v) is 2.43. The zero-order valence-electron chi connectivity index (χ0n) is 11.1.